The molecule has 142 valence electrons. The van der Waals surface area contributed by atoms with Gasteiger partial charge in [0.15, 0.2) is 0 Å². The normalized spacial score (nSPS) is 40.9. The predicted octanol–water partition coefficient (Wildman–Crippen LogP) is 2.45. The average Bonchev–Trinajstić information content (AvgIpc) is 3.21. The van der Waals surface area contributed by atoms with Crippen LogP contribution in [0.3, 0.4) is 0 Å². The van der Waals surface area contributed by atoms with Gasteiger partial charge in [-0.25, -0.2) is 0 Å². The van der Waals surface area contributed by atoms with Crippen LogP contribution in [0.4, 0.5) is 0 Å². The molecule has 5 fully saturated rings. The molecule has 2 atom stereocenters. The van der Waals surface area contributed by atoms with Gasteiger partial charge in [0.25, 0.3) is 0 Å². The smallest absolute Gasteiger partial charge is 0.225 e. The van der Waals surface area contributed by atoms with E-state index in [2.05, 4.69) is 15.7 Å². The summed E-state index contributed by atoms with van der Waals surface area (Å²) >= 11 is 0. The van der Waals surface area contributed by atoms with Gasteiger partial charge >= 0.3 is 0 Å². The maximum Gasteiger partial charge on any atom is 0.225 e. The van der Waals surface area contributed by atoms with Crippen molar-refractivity contribution in [3.05, 3.63) is 18.0 Å². The maximum absolute atomic E-state index is 12.8. The van der Waals surface area contributed by atoms with Gasteiger partial charge in [-0.05, 0) is 73.7 Å². The van der Waals surface area contributed by atoms with Crippen molar-refractivity contribution in [2.75, 3.05) is 19.6 Å². The molecule has 5 nitrogen and oxygen atoms in total. The summed E-state index contributed by atoms with van der Waals surface area (Å²) in [6.45, 7) is 2.52. The van der Waals surface area contributed by atoms with Crippen LogP contribution >= 0.6 is 0 Å². The van der Waals surface area contributed by atoms with E-state index in [4.69, 9.17) is 0 Å². The Morgan fingerprint density at radius 3 is 2.54 bits per heavy atom. The molecule has 1 aromatic heterocycles. The number of hydrogen-bond acceptors (Lipinski definition) is 3. The molecule has 2 N–H and O–H groups in total. The summed E-state index contributed by atoms with van der Waals surface area (Å²) < 4.78 is 1.83. The molecule has 1 aromatic rings. The molecular weight excluding hydrogens is 324 g/mol. The van der Waals surface area contributed by atoms with Crippen molar-refractivity contribution >= 4 is 5.91 Å². The fraction of sp³-hybridized carbons (Fsp3) is 0.810. The number of carbonyl (C=O) groups is 1. The lowest BCUT2D eigenvalue weighted by atomic mass is 9.49. The van der Waals surface area contributed by atoms with Crippen molar-refractivity contribution in [1.82, 2.24) is 20.4 Å². The molecule has 1 aliphatic heterocycles. The molecule has 5 heteroatoms. The first kappa shape index (κ1) is 16.8. The maximum atomic E-state index is 12.8. The summed E-state index contributed by atoms with van der Waals surface area (Å²) in [7, 11) is 1.94. The fourth-order valence-corrected chi connectivity index (χ4v) is 7.11. The third-order valence-electron chi connectivity index (χ3n) is 7.82. The van der Waals surface area contributed by atoms with E-state index in [-0.39, 0.29) is 17.7 Å². The largest absolute Gasteiger partial charge is 0.356 e. The number of nitrogens with zero attached hydrogens (tertiary/aromatic N) is 2. The van der Waals surface area contributed by atoms with Crippen molar-refractivity contribution in [1.29, 1.82) is 0 Å². The summed E-state index contributed by atoms with van der Waals surface area (Å²) in [6.07, 6.45) is 13.9. The molecule has 0 radical (unpaired) electrons. The molecule has 26 heavy (non-hydrogen) atoms. The van der Waals surface area contributed by atoms with Crippen LogP contribution in [0.1, 0.15) is 56.4 Å². The van der Waals surface area contributed by atoms with Gasteiger partial charge in [0.2, 0.25) is 5.91 Å². The Kier molecular flexibility index (Phi) is 4.11. The van der Waals surface area contributed by atoms with Gasteiger partial charge in [-0.15, -0.1) is 0 Å². The molecule has 5 aliphatic rings. The summed E-state index contributed by atoms with van der Waals surface area (Å²) in [5.41, 5.74) is 1.73. The van der Waals surface area contributed by atoms with Crippen molar-refractivity contribution in [3.8, 4) is 0 Å². The van der Waals surface area contributed by atoms with E-state index in [1.165, 1.54) is 50.5 Å². The Labute approximate surface area is 156 Å². The van der Waals surface area contributed by atoms with Gasteiger partial charge in [0.05, 0.1) is 12.1 Å². The molecule has 0 spiro atoms. The fourth-order valence-electron chi connectivity index (χ4n) is 7.11. The Bertz CT molecular complexity index is 646. The highest BCUT2D eigenvalue weighted by atomic mass is 16.1. The van der Waals surface area contributed by atoms with Crippen molar-refractivity contribution < 1.29 is 4.79 Å². The van der Waals surface area contributed by atoms with Gasteiger partial charge < -0.3 is 10.6 Å². The first-order valence-corrected chi connectivity index (χ1v) is 10.6. The van der Waals surface area contributed by atoms with Gasteiger partial charge in [0, 0.05) is 38.8 Å². The lowest BCUT2D eigenvalue weighted by Crippen LogP contribution is -2.47. The average molecular weight is 357 g/mol. The minimum Gasteiger partial charge on any atom is -0.356 e. The number of amides is 1. The molecule has 4 aliphatic carbocycles. The van der Waals surface area contributed by atoms with Crippen LogP contribution in [0.2, 0.25) is 0 Å². The van der Waals surface area contributed by atoms with E-state index in [0.717, 1.165) is 37.4 Å². The zero-order valence-corrected chi connectivity index (χ0v) is 15.9. The van der Waals surface area contributed by atoms with Crippen LogP contribution in [-0.2, 0) is 11.8 Å². The number of aryl methyl sites for hydroxylation is 1. The Balaban J connectivity index is 1.17. The number of nitrogens with one attached hydrogen (secondary N) is 2. The SMILES string of the molecule is Cn1cc([C@H]2CNC[C@@H]2C(=O)NCCC23CC4CC(CC(C4)C2)C3)cn1. The minimum absolute atomic E-state index is 0.0376. The topological polar surface area (TPSA) is 59.0 Å². The van der Waals surface area contributed by atoms with Crippen LogP contribution < -0.4 is 10.6 Å². The van der Waals surface area contributed by atoms with E-state index < -0.39 is 0 Å². The van der Waals surface area contributed by atoms with Crippen molar-refractivity contribution in [3.63, 3.8) is 0 Å². The molecule has 4 saturated carbocycles. The molecule has 1 saturated heterocycles. The second-order valence-electron chi connectivity index (χ2n) is 9.78. The van der Waals surface area contributed by atoms with Gasteiger partial charge in [-0.3, -0.25) is 9.48 Å². The standard InChI is InChI=1S/C21H32N4O/c1-25-13-17(10-24-25)18-11-22-12-19(18)20(26)23-3-2-21-7-14-4-15(8-21)6-16(5-14)9-21/h10,13-16,18-19,22H,2-9,11-12H2,1H3,(H,23,26)/t14?,15?,16?,18-,19+,21?/m1/s1. The quantitative estimate of drug-likeness (QED) is 0.852. The molecule has 0 aromatic carbocycles. The Morgan fingerprint density at radius 1 is 1.23 bits per heavy atom. The van der Waals surface area contributed by atoms with E-state index >= 15 is 0 Å². The number of aromatic nitrogens is 2. The highest BCUT2D eigenvalue weighted by molar-refractivity contribution is 5.80. The van der Waals surface area contributed by atoms with Crippen molar-refractivity contribution in [2.24, 2.45) is 36.1 Å². The van der Waals surface area contributed by atoms with Crippen LogP contribution in [0, 0.1) is 29.1 Å². The lowest BCUT2D eigenvalue weighted by Gasteiger charge is -2.57. The minimum atomic E-state index is 0.0376. The number of hydrogen-bond donors (Lipinski definition) is 2. The van der Waals surface area contributed by atoms with Crippen LogP contribution in [0.5, 0.6) is 0 Å². The first-order chi connectivity index (χ1) is 12.6. The van der Waals surface area contributed by atoms with E-state index in [9.17, 15) is 4.79 Å². The first-order valence-electron chi connectivity index (χ1n) is 10.6. The van der Waals surface area contributed by atoms with E-state index in [1.807, 2.05) is 24.1 Å². The highest BCUT2D eigenvalue weighted by Crippen LogP contribution is 2.61. The second-order valence-corrected chi connectivity index (χ2v) is 9.78. The van der Waals surface area contributed by atoms with Crippen LogP contribution in [-0.4, -0.2) is 35.3 Å². The zero-order chi connectivity index (χ0) is 17.7. The van der Waals surface area contributed by atoms with Gasteiger partial charge in [0.1, 0.15) is 0 Å². The van der Waals surface area contributed by atoms with E-state index in [0.29, 0.717) is 5.41 Å². The summed E-state index contributed by atoms with van der Waals surface area (Å²) in [5.74, 6) is 3.50. The molecule has 6 rings (SSSR count). The summed E-state index contributed by atoms with van der Waals surface area (Å²) in [5, 5.41) is 11.0. The molecule has 0 unspecified atom stereocenters. The zero-order valence-electron chi connectivity index (χ0n) is 15.9. The number of rotatable bonds is 5. The monoisotopic (exact) mass is 356 g/mol. The lowest BCUT2D eigenvalue weighted by molar-refractivity contribution is -0.125. The van der Waals surface area contributed by atoms with Gasteiger partial charge in [-0.2, -0.15) is 5.10 Å². The molecular formula is C21H32N4O. The summed E-state index contributed by atoms with van der Waals surface area (Å²) in [4.78, 5) is 12.8. The highest BCUT2D eigenvalue weighted by Gasteiger charge is 2.50. The third-order valence-corrected chi connectivity index (χ3v) is 7.82. The Hall–Kier alpha value is -1.36. The summed E-state index contributed by atoms with van der Waals surface area (Å²) in [6, 6.07) is 0. The predicted molar refractivity (Wildman–Crippen MR) is 101 cm³/mol. The molecule has 4 bridgehead atoms. The van der Waals surface area contributed by atoms with E-state index in [1.54, 1.807) is 0 Å². The van der Waals surface area contributed by atoms with Crippen molar-refractivity contribution in [2.45, 2.75) is 50.9 Å². The molecule has 2 heterocycles. The third kappa shape index (κ3) is 2.98. The van der Waals surface area contributed by atoms with Crippen LogP contribution in [0.25, 0.3) is 0 Å². The van der Waals surface area contributed by atoms with Gasteiger partial charge in [-0.1, -0.05) is 0 Å². The van der Waals surface area contributed by atoms with Crippen LogP contribution in [0.15, 0.2) is 12.4 Å². The Morgan fingerprint density at radius 2 is 1.92 bits per heavy atom. The number of carbonyl (C=O) groups excluding carboxylic acids is 1. The second kappa shape index (κ2) is 6.36. The molecule has 1 amide bonds.